The van der Waals surface area contributed by atoms with E-state index in [4.69, 9.17) is 0 Å². The van der Waals surface area contributed by atoms with Crippen LogP contribution in [-0.4, -0.2) is 5.25 Å². The van der Waals surface area contributed by atoms with Gasteiger partial charge < -0.3 is 0 Å². The fourth-order valence-electron chi connectivity index (χ4n) is 1.18. The maximum absolute atomic E-state index is 2.33. The highest BCUT2D eigenvalue weighted by molar-refractivity contribution is 8.03. The third-order valence-electron chi connectivity index (χ3n) is 1.90. The molecule has 1 saturated carbocycles. The Balaban J connectivity index is 2.18. The van der Waals surface area contributed by atoms with Crippen LogP contribution in [0.25, 0.3) is 0 Å². The Morgan fingerprint density at radius 3 is 2.71 bits per heavy atom. The second-order valence-corrected chi connectivity index (χ2v) is 3.45. The number of fused-ring (bicyclic) bond motifs is 1. The van der Waals surface area contributed by atoms with E-state index in [-0.39, 0.29) is 0 Å². The Labute approximate surface area is 48.0 Å². The molecule has 38 valence electrons. The van der Waals surface area contributed by atoms with Gasteiger partial charge in [-0.2, -0.15) is 0 Å². The highest BCUT2D eigenvalue weighted by Gasteiger charge is 2.47. The predicted molar refractivity (Wildman–Crippen MR) is 33.2 cm³/mol. The van der Waals surface area contributed by atoms with Crippen molar-refractivity contribution in [2.45, 2.75) is 12.2 Å². The third kappa shape index (κ3) is 0.394. The normalized spacial score (nSPS) is 54.7. The largest absolute Gasteiger partial charge is 0.130 e. The zero-order valence-electron chi connectivity index (χ0n) is 4.29. The Kier molecular flexibility index (Phi) is 0.620. The van der Waals surface area contributed by atoms with Crippen LogP contribution in [0.4, 0.5) is 0 Å². The molecule has 2 rings (SSSR count). The molecule has 0 aromatic carbocycles. The molecule has 1 aliphatic heterocycles. The lowest BCUT2D eigenvalue weighted by Crippen LogP contribution is -1.68. The molecule has 3 atom stereocenters. The van der Waals surface area contributed by atoms with Gasteiger partial charge in [-0.1, -0.05) is 13.0 Å². The van der Waals surface area contributed by atoms with Crippen molar-refractivity contribution in [3.63, 3.8) is 0 Å². The van der Waals surface area contributed by atoms with Crippen molar-refractivity contribution in [2.75, 3.05) is 0 Å². The van der Waals surface area contributed by atoms with Crippen LogP contribution in [0, 0.1) is 11.8 Å². The highest BCUT2D eigenvalue weighted by Crippen LogP contribution is 2.53. The molecule has 7 heavy (non-hydrogen) atoms. The van der Waals surface area contributed by atoms with Gasteiger partial charge >= 0.3 is 0 Å². The van der Waals surface area contributed by atoms with Crippen LogP contribution in [0.3, 0.4) is 0 Å². The van der Waals surface area contributed by atoms with Gasteiger partial charge in [0.2, 0.25) is 0 Å². The van der Waals surface area contributed by atoms with Gasteiger partial charge in [-0.05, 0) is 17.2 Å². The van der Waals surface area contributed by atoms with Crippen LogP contribution in [0.15, 0.2) is 11.5 Å². The fraction of sp³-hybridized carbons (Fsp3) is 0.667. The summed E-state index contributed by atoms with van der Waals surface area (Å²) in [5, 5.41) is 3.22. The second kappa shape index (κ2) is 1.08. The molecule has 0 amide bonds. The molecule has 1 aliphatic carbocycles. The number of hydrogen-bond donors (Lipinski definition) is 0. The lowest BCUT2D eigenvalue weighted by atomic mass is 10.3. The summed E-state index contributed by atoms with van der Waals surface area (Å²) in [6, 6.07) is 0. The first kappa shape index (κ1) is 4.02. The van der Waals surface area contributed by atoms with Crippen LogP contribution in [0.1, 0.15) is 6.92 Å². The SMILES string of the molecule is C[C@@H]1[C@H]2C=CS[C@@H]12. The summed E-state index contributed by atoms with van der Waals surface area (Å²) in [5.74, 6) is 1.96. The average molecular weight is 112 g/mol. The lowest BCUT2D eigenvalue weighted by molar-refractivity contribution is 0.899. The number of allylic oxidation sites excluding steroid dienone is 1. The van der Waals surface area contributed by atoms with E-state index in [0.29, 0.717) is 0 Å². The number of rotatable bonds is 0. The van der Waals surface area contributed by atoms with Crippen LogP contribution in [0.2, 0.25) is 0 Å². The van der Waals surface area contributed by atoms with Crippen LogP contribution in [-0.2, 0) is 0 Å². The van der Waals surface area contributed by atoms with Gasteiger partial charge in [-0.25, -0.2) is 0 Å². The van der Waals surface area contributed by atoms with E-state index in [1.165, 1.54) is 0 Å². The first-order chi connectivity index (χ1) is 3.39. The Morgan fingerprint density at radius 1 is 1.57 bits per heavy atom. The minimum Gasteiger partial charge on any atom is -0.130 e. The van der Waals surface area contributed by atoms with E-state index < -0.39 is 0 Å². The van der Waals surface area contributed by atoms with Crippen molar-refractivity contribution in [1.82, 2.24) is 0 Å². The minimum atomic E-state index is 0.963. The zero-order chi connectivity index (χ0) is 4.85. The molecule has 0 nitrogen and oxygen atoms in total. The Morgan fingerprint density at radius 2 is 2.43 bits per heavy atom. The Hall–Kier alpha value is 0.0900. The Bertz CT molecular complexity index is 117. The van der Waals surface area contributed by atoms with Crippen molar-refractivity contribution in [2.24, 2.45) is 11.8 Å². The third-order valence-corrected chi connectivity index (χ3v) is 3.27. The number of hydrogen-bond acceptors (Lipinski definition) is 1. The molecule has 1 heterocycles. The molecule has 2 aliphatic rings. The van der Waals surface area contributed by atoms with E-state index in [2.05, 4.69) is 18.4 Å². The van der Waals surface area contributed by atoms with E-state index in [0.717, 1.165) is 17.1 Å². The van der Waals surface area contributed by atoms with Gasteiger partial charge in [0.25, 0.3) is 0 Å². The van der Waals surface area contributed by atoms with Crippen molar-refractivity contribution in [1.29, 1.82) is 0 Å². The van der Waals surface area contributed by atoms with Crippen LogP contribution < -0.4 is 0 Å². The molecule has 0 radical (unpaired) electrons. The fourth-order valence-corrected chi connectivity index (χ4v) is 2.49. The predicted octanol–water partition coefficient (Wildman–Crippen LogP) is 1.88. The summed E-state index contributed by atoms with van der Waals surface area (Å²) in [4.78, 5) is 0. The monoisotopic (exact) mass is 112 g/mol. The van der Waals surface area contributed by atoms with Crippen molar-refractivity contribution < 1.29 is 0 Å². The molecule has 1 heteroatoms. The quantitative estimate of drug-likeness (QED) is 0.461. The second-order valence-electron chi connectivity index (χ2n) is 2.37. The van der Waals surface area contributed by atoms with Gasteiger partial charge in [-0.3, -0.25) is 0 Å². The van der Waals surface area contributed by atoms with Crippen molar-refractivity contribution in [3.05, 3.63) is 11.5 Å². The molecule has 0 spiro atoms. The highest BCUT2D eigenvalue weighted by atomic mass is 32.2. The zero-order valence-corrected chi connectivity index (χ0v) is 5.11. The standard InChI is InChI=1S/C6H8S/c1-4-5-2-3-7-6(4)5/h2-6H,1H3/t4-,5-,6+/m1/s1. The summed E-state index contributed by atoms with van der Waals surface area (Å²) in [6.07, 6.45) is 2.33. The summed E-state index contributed by atoms with van der Waals surface area (Å²) in [6.45, 7) is 2.33. The average Bonchev–Trinajstić information content (AvgIpc) is 2.26. The maximum atomic E-state index is 2.33. The van der Waals surface area contributed by atoms with E-state index >= 15 is 0 Å². The van der Waals surface area contributed by atoms with Gasteiger partial charge in [-0.15, -0.1) is 11.8 Å². The van der Waals surface area contributed by atoms with E-state index in [9.17, 15) is 0 Å². The molecular weight excluding hydrogens is 104 g/mol. The molecule has 0 aromatic heterocycles. The maximum Gasteiger partial charge on any atom is 0.0186 e. The smallest absolute Gasteiger partial charge is 0.0186 e. The molecule has 0 N–H and O–H groups in total. The van der Waals surface area contributed by atoms with Gasteiger partial charge in [0, 0.05) is 5.25 Å². The molecule has 0 unspecified atom stereocenters. The summed E-state index contributed by atoms with van der Waals surface area (Å²) in [5.41, 5.74) is 0. The summed E-state index contributed by atoms with van der Waals surface area (Å²) >= 11 is 2.00. The topological polar surface area (TPSA) is 0 Å². The van der Waals surface area contributed by atoms with Crippen molar-refractivity contribution >= 4 is 11.8 Å². The first-order valence-corrected chi connectivity index (χ1v) is 3.66. The minimum absolute atomic E-state index is 0.963. The van der Waals surface area contributed by atoms with Crippen molar-refractivity contribution in [3.8, 4) is 0 Å². The van der Waals surface area contributed by atoms with Gasteiger partial charge in [0.1, 0.15) is 0 Å². The number of thioether (sulfide) groups is 1. The van der Waals surface area contributed by atoms with Gasteiger partial charge in [0.05, 0.1) is 0 Å². The molecular formula is C6H8S. The van der Waals surface area contributed by atoms with Crippen LogP contribution >= 0.6 is 11.8 Å². The molecule has 0 saturated heterocycles. The summed E-state index contributed by atoms with van der Waals surface area (Å²) < 4.78 is 0. The molecule has 0 bridgehead atoms. The summed E-state index contributed by atoms with van der Waals surface area (Å²) in [7, 11) is 0. The van der Waals surface area contributed by atoms with E-state index in [1.807, 2.05) is 11.8 Å². The first-order valence-electron chi connectivity index (χ1n) is 2.72. The molecule has 0 aromatic rings. The van der Waals surface area contributed by atoms with Gasteiger partial charge in [0.15, 0.2) is 0 Å². The van der Waals surface area contributed by atoms with Crippen LogP contribution in [0.5, 0.6) is 0 Å². The van der Waals surface area contributed by atoms with E-state index in [1.54, 1.807) is 0 Å². The molecule has 1 fully saturated rings. The lowest BCUT2D eigenvalue weighted by Gasteiger charge is -1.81.